The summed E-state index contributed by atoms with van der Waals surface area (Å²) in [6, 6.07) is 33.0. The summed E-state index contributed by atoms with van der Waals surface area (Å²) in [5.41, 5.74) is 12.8. The zero-order chi connectivity index (χ0) is 31.1. The first-order valence-electron chi connectivity index (χ1n) is 15.3. The van der Waals surface area contributed by atoms with Gasteiger partial charge in [-0.3, -0.25) is 4.79 Å². The molecule has 0 spiro atoms. The van der Waals surface area contributed by atoms with Crippen LogP contribution in [0.5, 0.6) is 5.75 Å². The fourth-order valence-corrected chi connectivity index (χ4v) is 6.04. The number of carbonyl (C=O) groups excluding carboxylic acids is 1. The van der Waals surface area contributed by atoms with Crippen LogP contribution in [0.15, 0.2) is 113 Å². The maximum atomic E-state index is 14.7. The van der Waals surface area contributed by atoms with Crippen molar-refractivity contribution in [1.29, 1.82) is 0 Å². The lowest BCUT2D eigenvalue weighted by Gasteiger charge is -2.34. The molecule has 2 aliphatic heterocycles. The van der Waals surface area contributed by atoms with Crippen LogP contribution in [0.3, 0.4) is 0 Å². The van der Waals surface area contributed by atoms with Crippen LogP contribution in [0.25, 0.3) is 21.6 Å². The van der Waals surface area contributed by atoms with E-state index in [0.29, 0.717) is 43.5 Å². The molecule has 0 aromatic heterocycles. The van der Waals surface area contributed by atoms with Crippen molar-refractivity contribution < 1.29 is 19.4 Å². The summed E-state index contributed by atoms with van der Waals surface area (Å²) in [5.74, 6) is 0.927. The monoisotopic (exact) mass is 601 g/mol. The normalized spacial score (nSPS) is 19.0. The van der Waals surface area contributed by atoms with E-state index in [2.05, 4.69) is 22.2 Å². The van der Waals surface area contributed by atoms with Crippen LogP contribution < -0.4 is 4.74 Å². The van der Waals surface area contributed by atoms with Gasteiger partial charge in [0.05, 0.1) is 6.61 Å². The van der Waals surface area contributed by atoms with E-state index in [9.17, 15) is 10.3 Å². The van der Waals surface area contributed by atoms with Gasteiger partial charge in [0.15, 0.2) is 11.6 Å². The van der Waals surface area contributed by atoms with Gasteiger partial charge in [-0.2, -0.15) is 0 Å². The highest BCUT2D eigenvalue weighted by molar-refractivity contribution is 6.01. The molecule has 9 nitrogen and oxygen atoms in total. The van der Waals surface area contributed by atoms with Crippen molar-refractivity contribution in [3.63, 3.8) is 0 Å². The van der Waals surface area contributed by atoms with Crippen LogP contribution in [0.1, 0.15) is 42.1 Å². The Kier molecular flexibility index (Phi) is 9.10. The predicted molar refractivity (Wildman–Crippen MR) is 173 cm³/mol. The van der Waals surface area contributed by atoms with E-state index in [1.54, 1.807) is 6.07 Å². The molecule has 2 heterocycles. The number of likely N-dealkylation sites (tertiary alicyclic amines) is 1. The molecule has 0 radical (unpaired) electrons. The second-order valence-electron chi connectivity index (χ2n) is 11.3. The van der Waals surface area contributed by atoms with E-state index in [0.717, 1.165) is 40.7 Å². The fourth-order valence-electron chi connectivity index (χ4n) is 6.04. The van der Waals surface area contributed by atoms with Crippen molar-refractivity contribution in [3.8, 4) is 16.9 Å². The van der Waals surface area contributed by atoms with Crippen LogP contribution in [0.2, 0.25) is 0 Å². The summed E-state index contributed by atoms with van der Waals surface area (Å²) in [5, 5.41) is 13.0. The van der Waals surface area contributed by atoms with E-state index in [4.69, 9.17) is 19.6 Å². The average molecular weight is 602 g/mol. The maximum absolute atomic E-state index is 14.7. The molecule has 0 bridgehead atoms. The average Bonchev–Trinajstić information content (AvgIpc) is 3.76. The van der Waals surface area contributed by atoms with Gasteiger partial charge in [0.25, 0.3) is 5.91 Å². The highest BCUT2D eigenvalue weighted by Gasteiger charge is 2.55. The molecular weight excluding hydrogens is 566 g/mol. The van der Waals surface area contributed by atoms with Crippen LogP contribution in [0, 0.1) is 0 Å². The van der Waals surface area contributed by atoms with Crippen molar-refractivity contribution >= 4 is 17.5 Å². The number of hydrogen-bond acceptors (Lipinski definition) is 6. The van der Waals surface area contributed by atoms with Crippen molar-refractivity contribution in [2.45, 2.75) is 37.3 Å². The lowest BCUT2D eigenvalue weighted by molar-refractivity contribution is -0.138. The summed E-state index contributed by atoms with van der Waals surface area (Å²) in [6.07, 6.45) is 1.87. The number of rotatable bonds is 11. The molecule has 1 N–H and O–H groups in total. The number of hydrogen-bond donors (Lipinski definition) is 1. The smallest absolute Gasteiger partial charge is 0.255 e. The summed E-state index contributed by atoms with van der Waals surface area (Å²) in [6.45, 7) is 1.78. The zero-order valence-electron chi connectivity index (χ0n) is 25.0. The Bertz CT molecular complexity index is 1700. The first kappa shape index (κ1) is 29.9. The van der Waals surface area contributed by atoms with E-state index < -0.39 is 11.6 Å². The predicted octanol–water partition coefficient (Wildman–Crippen LogP) is 7.18. The van der Waals surface area contributed by atoms with Gasteiger partial charge in [-0.05, 0) is 64.9 Å². The SMILES string of the molecule is [N-]=[N+]=Nc1ccccc1C[C@@]1(C(=O)N2CCCC2)N=C(c2ccc(OCCCO)cc2)O[C@@H]1c1ccc(-c2ccccc2)cc1. The molecule has 2 aliphatic rings. The van der Waals surface area contributed by atoms with Crippen molar-refractivity contribution in [1.82, 2.24) is 4.90 Å². The van der Waals surface area contributed by atoms with E-state index in [1.807, 2.05) is 89.8 Å². The second-order valence-corrected chi connectivity index (χ2v) is 11.3. The highest BCUT2D eigenvalue weighted by Crippen LogP contribution is 2.45. The molecule has 4 aromatic rings. The quantitative estimate of drug-likeness (QED) is 0.0847. The molecule has 1 amide bonds. The Morgan fingerprint density at radius 1 is 0.933 bits per heavy atom. The number of amides is 1. The van der Waals surface area contributed by atoms with E-state index in [1.165, 1.54) is 0 Å². The number of aliphatic hydroxyl groups excluding tert-OH is 1. The number of aliphatic hydroxyl groups is 1. The largest absolute Gasteiger partial charge is 0.494 e. The topological polar surface area (TPSA) is 120 Å². The van der Waals surface area contributed by atoms with E-state index in [-0.39, 0.29) is 18.9 Å². The van der Waals surface area contributed by atoms with E-state index >= 15 is 0 Å². The molecule has 228 valence electrons. The fraction of sp³-hybridized carbons (Fsp3) is 0.278. The lowest BCUT2D eigenvalue weighted by atomic mass is 9.81. The number of carbonyl (C=O) groups is 1. The molecule has 9 heteroatoms. The molecule has 1 saturated heterocycles. The summed E-state index contributed by atoms with van der Waals surface area (Å²) in [4.78, 5) is 24.8. The minimum Gasteiger partial charge on any atom is -0.494 e. The summed E-state index contributed by atoms with van der Waals surface area (Å²) >= 11 is 0. The Labute approximate surface area is 262 Å². The van der Waals surface area contributed by atoms with Crippen LogP contribution in [0.4, 0.5) is 5.69 Å². The lowest BCUT2D eigenvalue weighted by Crippen LogP contribution is -2.51. The zero-order valence-corrected chi connectivity index (χ0v) is 25.0. The molecule has 0 saturated carbocycles. The third-order valence-corrected chi connectivity index (χ3v) is 8.32. The Morgan fingerprint density at radius 2 is 1.60 bits per heavy atom. The summed E-state index contributed by atoms with van der Waals surface area (Å²) in [7, 11) is 0. The van der Waals surface area contributed by atoms with Crippen molar-refractivity contribution in [3.05, 3.63) is 130 Å². The van der Waals surface area contributed by atoms with Gasteiger partial charge in [-0.1, -0.05) is 84.0 Å². The number of aliphatic imine (C=N–C) groups is 1. The minimum absolute atomic E-state index is 0.0619. The molecule has 0 unspecified atom stereocenters. The Morgan fingerprint density at radius 3 is 2.31 bits per heavy atom. The van der Waals surface area contributed by atoms with Crippen LogP contribution in [-0.4, -0.2) is 53.7 Å². The number of benzene rings is 4. The Balaban J connectivity index is 1.45. The standard InChI is InChI=1S/C36H35N5O4/c37-40-39-32-12-5-4-11-30(32)25-36(35(43)41-21-6-7-22-41)33(28-15-13-27(14-16-28)26-9-2-1-3-10-26)45-34(38-36)29-17-19-31(20-18-29)44-24-8-23-42/h1-5,9-20,33,42H,6-8,21-25H2/t33-,36-/m1/s1. The second kappa shape index (κ2) is 13.7. The van der Waals surface area contributed by atoms with Gasteiger partial charge in [0, 0.05) is 48.7 Å². The third kappa shape index (κ3) is 6.41. The van der Waals surface area contributed by atoms with Gasteiger partial charge in [0.1, 0.15) is 5.75 Å². The summed E-state index contributed by atoms with van der Waals surface area (Å²) < 4.78 is 12.4. The van der Waals surface area contributed by atoms with Gasteiger partial charge >= 0.3 is 0 Å². The molecule has 1 fully saturated rings. The molecular formula is C36H35N5O4. The van der Waals surface area contributed by atoms with Gasteiger partial charge in [-0.15, -0.1) is 0 Å². The molecule has 0 aliphatic carbocycles. The van der Waals surface area contributed by atoms with Crippen molar-refractivity contribution in [2.24, 2.45) is 10.1 Å². The van der Waals surface area contributed by atoms with Gasteiger partial charge < -0.3 is 19.5 Å². The van der Waals surface area contributed by atoms with Gasteiger partial charge in [-0.25, -0.2) is 4.99 Å². The number of nitrogens with zero attached hydrogens (tertiary/aromatic N) is 5. The first-order chi connectivity index (χ1) is 22.1. The van der Waals surface area contributed by atoms with Crippen LogP contribution >= 0.6 is 0 Å². The molecule has 6 rings (SSSR count). The van der Waals surface area contributed by atoms with Crippen LogP contribution in [-0.2, 0) is 16.0 Å². The molecule has 4 aromatic carbocycles. The molecule has 45 heavy (non-hydrogen) atoms. The Hall–Kier alpha value is -5.11. The number of azide groups is 1. The number of ether oxygens (including phenoxy) is 2. The molecule has 2 atom stereocenters. The highest BCUT2D eigenvalue weighted by atomic mass is 16.5. The minimum atomic E-state index is -1.34. The third-order valence-electron chi connectivity index (χ3n) is 8.32. The first-order valence-corrected chi connectivity index (χ1v) is 15.3. The van der Waals surface area contributed by atoms with Gasteiger partial charge in [0.2, 0.25) is 5.90 Å². The maximum Gasteiger partial charge on any atom is 0.255 e. The van der Waals surface area contributed by atoms with Crippen molar-refractivity contribution in [2.75, 3.05) is 26.3 Å².